The first-order chi connectivity index (χ1) is 15.3. The molecule has 1 heterocycles. The quantitative estimate of drug-likeness (QED) is 0.463. The molecule has 0 aromatic heterocycles. The zero-order chi connectivity index (χ0) is 25.1. The van der Waals surface area contributed by atoms with E-state index in [1.54, 1.807) is 27.7 Å². The summed E-state index contributed by atoms with van der Waals surface area (Å²) in [6.45, 7) is 12.8. The molecule has 1 atom stereocenters. The maximum absolute atomic E-state index is 13.2. The highest BCUT2D eigenvalue weighted by Crippen LogP contribution is 2.44. The molecule has 1 aliphatic heterocycles. The summed E-state index contributed by atoms with van der Waals surface area (Å²) in [5, 5.41) is 0. The maximum atomic E-state index is 13.2. The zero-order valence-corrected chi connectivity index (χ0v) is 20.2. The molecule has 1 unspecified atom stereocenters. The molecule has 1 aliphatic rings. The molecule has 182 valence electrons. The number of allylic oxidation sites excluding steroid dienone is 2. The lowest BCUT2D eigenvalue weighted by atomic mass is 9.79. The first-order valence-electron chi connectivity index (χ1n) is 11.1. The summed E-state index contributed by atoms with van der Waals surface area (Å²) in [5.41, 5.74) is 1.18. The molecule has 0 fully saturated rings. The molecule has 1 aromatic rings. The number of benzene rings is 1. The second kappa shape index (κ2) is 10.4. The molecule has 2 rings (SSSR count). The van der Waals surface area contributed by atoms with Crippen molar-refractivity contribution in [2.75, 3.05) is 6.61 Å². The minimum atomic E-state index is -4.50. The van der Waals surface area contributed by atoms with E-state index < -0.39 is 35.7 Å². The van der Waals surface area contributed by atoms with Gasteiger partial charge in [0.25, 0.3) is 0 Å². The molecule has 1 aromatic carbocycles. The number of alkyl halides is 3. The van der Waals surface area contributed by atoms with E-state index in [4.69, 9.17) is 9.47 Å². The van der Waals surface area contributed by atoms with Crippen molar-refractivity contribution >= 4 is 11.9 Å². The van der Waals surface area contributed by atoms with Crippen molar-refractivity contribution in [2.24, 2.45) is 0 Å². The number of hydrogen-bond acceptors (Lipinski definition) is 5. The molecule has 0 saturated heterocycles. The molecular weight excluding hydrogens is 435 g/mol. The van der Waals surface area contributed by atoms with Gasteiger partial charge in [0.15, 0.2) is 0 Å². The second-order valence-corrected chi connectivity index (χ2v) is 8.60. The Balaban J connectivity index is 2.77. The molecular formula is C25H32F3NO4. The van der Waals surface area contributed by atoms with Gasteiger partial charge in [-0.1, -0.05) is 19.1 Å². The Bertz CT molecular complexity index is 943. The van der Waals surface area contributed by atoms with Crippen LogP contribution in [-0.2, 0) is 25.2 Å². The number of hydrogen-bond donors (Lipinski definition) is 0. The van der Waals surface area contributed by atoms with Crippen molar-refractivity contribution in [3.05, 3.63) is 57.9 Å². The second-order valence-electron chi connectivity index (χ2n) is 8.60. The average molecular weight is 468 g/mol. The predicted octanol–water partition coefficient (Wildman–Crippen LogP) is 5.97. The minimum Gasteiger partial charge on any atom is -0.462 e. The molecule has 0 amide bonds. The van der Waals surface area contributed by atoms with Gasteiger partial charge >= 0.3 is 18.1 Å². The van der Waals surface area contributed by atoms with Crippen LogP contribution in [0.1, 0.15) is 71.9 Å². The van der Waals surface area contributed by atoms with Crippen LogP contribution in [0.25, 0.3) is 0 Å². The average Bonchev–Trinajstić information content (AvgIpc) is 2.70. The van der Waals surface area contributed by atoms with Crippen LogP contribution in [0.5, 0.6) is 0 Å². The van der Waals surface area contributed by atoms with Crippen molar-refractivity contribution in [3.8, 4) is 0 Å². The van der Waals surface area contributed by atoms with Gasteiger partial charge in [0.1, 0.15) is 0 Å². The van der Waals surface area contributed by atoms with Gasteiger partial charge in [-0.25, -0.2) is 9.59 Å². The number of rotatable bonds is 7. The minimum absolute atomic E-state index is 0.0885. The summed E-state index contributed by atoms with van der Waals surface area (Å²) in [7, 11) is 0. The largest absolute Gasteiger partial charge is 0.462 e. The Labute approximate surface area is 193 Å². The fraction of sp³-hybridized carbons (Fsp3) is 0.520. The van der Waals surface area contributed by atoms with Gasteiger partial charge in [-0.2, -0.15) is 13.2 Å². The van der Waals surface area contributed by atoms with Crippen LogP contribution in [0.15, 0.2) is 46.8 Å². The lowest BCUT2D eigenvalue weighted by Crippen LogP contribution is -2.39. The van der Waals surface area contributed by atoms with E-state index in [1.165, 1.54) is 12.1 Å². The van der Waals surface area contributed by atoms with E-state index in [0.29, 0.717) is 23.4 Å². The summed E-state index contributed by atoms with van der Waals surface area (Å²) >= 11 is 0. The summed E-state index contributed by atoms with van der Waals surface area (Å²) in [5.74, 6) is -2.14. The van der Waals surface area contributed by atoms with E-state index in [-0.39, 0.29) is 23.8 Å². The van der Waals surface area contributed by atoms with E-state index in [1.807, 2.05) is 25.7 Å². The van der Waals surface area contributed by atoms with Gasteiger partial charge in [0.2, 0.25) is 0 Å². The Hall–Kier alpha value is -2.77. The van der Waals surface area contributed by atoms with Crippen LogP contribution in [0, 0.1) is 0 Å². The zero-order valence-electron chi connectivity index (χ0n) is 20.2. The first kappa shape index (κ1) is 26.5. The molecule has 33 heavy (non-hydrogen) atoms. The summed E-state index contributed by atoms with van der Waals surface area (Å²) < 4.78 is 50.3. The molecule has 0 radical (unpaired) electrons. The van der Waals surface area contributed by atoms with E-state index in [2.05, 4.69) is 0 Å². The van der Waals surface area contributed by atoms with Crippen molar-refractivity contribution in [1.82, 2.24) is 4.90 Å². The topological polar surface area (TPSA) is 55.8 Å². The third-order valence-electron chi connectivity index (χ3n) is 5.39. The smallest absolute Gasteiger partial charge is 0.416 e. The normalized spacial score (nSPS) is 17.2. The highest BCUT2D eigenvalue weighted by atomic mass is 19.4. The SMILES string of the molecule is CCCOC(=O)C1=C(C)N(C(C)C)C(C)=C(C(=O)OC(C)C)C1c1ccc(C(F)(F)F)cc1. The predicted molar refractivity (Wildman–Crippen MR) is 119 cm³/mol. The third-order valence-corrected chi connectivity index (χ3v) is 5.39. The number of nitrogens with zero attached hydrogens (tertiary/aromatic N) is 1. The number of carbonyl (C=O) groups is 2. The van der Waals surface area contributed by atoms with Crippen LogP contribution >= 0.6 is 0 Å². The van der Waals surface area contributed by atoms with Crippen molar-refractivity contribution in [1.29, 1.82) is 0 Å². The van der Waals surface area contributed by atoms with E-state index in [9.17, 15) is 22.8 Å². The fourth-order valence-electron chi connectivity index (χ4n) is 4.13. The van der Waals surface area contributed by atoms with E-state index in [0.717, 1.165) is 12.1 Å². The molecule has 0 bridgehead atoms. The lowest BCUT2D eigenvalue weighted by molar-refractivity contribution is -0.143. The molecule has 5 nitrogen and oxygen atoms in total. The highest BCUT2D eigenvalue weighted by Gasteiger charge is 2.41. The van der Waals surface area contributed by atoms with Crippen molar-refractivity contribution in [3.63, 3.8) is 0 Å². The maximum Gasteiger partial charge on any atom is 0.416 e. The fourth-order valence-corrected chi connectivity index (χ4v) is 4.13. The Morgan fingerprint density at radius 3 is 1.91 bits per heavy atom. The van der Waals surface area contributed by atoms with Gasteiger partial charge in [-0.3, -0.25) is 0 Å². The van der Waals surface area contributed by atoms with Crippen molar-refractivity contribution in [2.45, 2.75) is 79.1 Å². The summed E-state index contributed by atoms with van der Waals surface area (Å²) in [6.07, 6.45) is -4.31. The standard InChI is InChI=1S/C25H32F3NO4/c1-8-13-32-23(30)20-16(6)29(14(2)3)17(7)21(24(31)33-15(4)5)22(20)18-9-11-19(12-10-18)25(26,27)28/h9-12,14-15,22H,8,13H2,1-7H3. The molecule has 8 heteroatoms. The molecule has 0 aliphatic carbocycles. The van der Waals surface area contributed by atoms with Crippen LogP contribution in [-0.4, -0.2) is 35.6 Å². The first-order valence-corrected chi connectivity index (χ1v) is 11.1. The van der Waals surface area contributed by atoms with Crippen LogP contribution in [0.4, 0.5) is 13.2 Å². The Morgan fingerprint density at radius 2 is 1.48 bits per heavy atom. The van der Waals surface area contributed by atoms with Crippen molar-refractivity contribution < 1.29 is 32.2 Å². The van der Waals surface area contributed by atoms with Gasteiger partial charge < -0.3 is 14.4 Å². The van der Waals surface area contributed by atoms with Gasteiger partial charge in [0.05, 0.1) is 35.3 Å². The lowest BCUT2D eigenvalue weighted by Gasteiger charge is -2.40. The highest BCUT2D eigenvalue weighted by molar-refractivity contribution is 6.00. The Morgan fingerprint density at radius 1 is 0.970 bits per heavy atom. The summed E-state index contributed by atoms with van der Waals surface area (Å²) in [4.78, 5) is 28.3. The van der Waals surface area contributed by atoms with E-state index >= 15 is 0 Å². The monoisotopic (exact) mass is 467 g/mol. The summed E-state index contributed by atoms with van der Waals surface area (Å²) in [6, 6.07) is 4.42. The van der Waals surface area contributed by atoms with Gasteiger partial charge in [-0.15, -0.1) is 0 Å². The third kappa shape index (κ3) is 5.78. The number of ether oxygens (including phenoxy) is 2. The molecule has 0 saturated carbocycles. The number of halogens is 3. The Kier molecular flexibility index (Phi) is 8.38. The van der Waals surface area contributed by atoms with Crippen LogP contribution < -0.4 is 0 Å². The number of carbonyl (C=O) groups excluding carboxylic acids is 2. The van der Waals surface area contributed by atoms with Crippen LogP contribution in [0.3, 0.4) is 0 Å². The number of esters is 2. The van der Waals surface area contributed by atoms with Gasteiger partial charge in [-0.05, 0) is 65.7 Å². The van der Waals surface area contributed by atoms with Gasteiger partial charge in [0, 0.05) is 17.4 Å². The molecule has 0 spiro atoms. The van der Waals surface area contributed by atoms with Crippen LogP contribution in [0.2, 0.25) is 0 Å². The molecule has 0 N–H and O–H groups in total.